The topological polar surface area (TPSA) is 0 Å². The van der Waals surface area contributed by atoms with Crippen LogP contribution in [0.5, 0.6) is 0 Å². The first-order chi connectivity index (χ1) is 5.83. The van der Waals surface area contributed by atoms with E-state index in [9.17, 15) is 0 Å². The molecule has 0 fully saturated rings. The fourth-order valence-corrected chi connectivity index (χ4v) is 1.40. The second kappa shape index (κ2) is 7.51. The summed E-state index contributed by atoms with van der Waals surface area (Å²) in [5.41, 5.74) is 1.33. The number of rotatable bonds is 2. The quantitative estimate of drug-likeness (QED) is 0.692. The predicted octanol–water partition coefficient (Wildman–Crippen LogP) is 4.23. The van der Waals surface area contributed by atoms with Gasteiger partial charge in [-0.2, -0.15) is 11.8 Å². The molecule has 1 rings (SSSR count). The highest BCUT2D eigenvalue weighted by Crippen LogP contribution is 2.13. The Morgan fingerprint density at radius 1 is 1.17 bits per heavy atom. The first kappa shape index (κ1) is 11.9. The van der Waals surface area contributed by atoms with E-state index in [1.54, 1.807) is 0 Å². The van der Waals surface area contributed by atoms with E-state index in [1.807, 2.05) is 37.7 Å². The number of halogens is 1. The van der Waals surface area contributed by atoms with Gasteiger partial charge in [0.1, 0.15) is 0 Å². The minimum Gasteiger partial charge on any atom is -0.161 e. The maximum atomic E-state index is 5.71. The lowest BCUT2D eigenvalue weighted by Gasteiger charge is -1.96. The predicted molar refractivity (Wildman–Crippen MR) is 60.0 cm³/mol. The van der Waals surface area contributed by atoms with Gasteiger partial charge in [-0.1, -0.05) is 37.6 Å². The largest absolute Gasteiger partial charge is 0.161 e. The minimum atomic E-state index is 0.810. The molecule has 0 radical (unpaired) electrons. The third kappa shape index (κ3) is 4.68. The summed E-state index contributed by atoms with van der Waals surface area (Å²) in [7, 11) is 0. The van der Waals surface area contributed by atoms with Crippen LogP contribution in [0.3, 0.4) is 0 Å². The van der Waals surface area contributed by atoms with Gasteiger partial charge in [0.05, 0.1) is 0 Å². The normalized spacial score (nSPS) is 8.67. The number of hydrogen-bond acceptors (Lipinski definition) is 1. The van der Waals surface area contributed by atoms with E-state index < -0.39 is 0 Å². The minimum absolute atomic E-state index is 0.810. The molecule has 0 heterocycles. The van der Waals surface area contributed by atoms with E-state index >= 15 is 0 Å². The van der Waals surface area contributed by atoms with E-state index in [1.165, 1.54) is 5.56 Å². The molecule has 0 bridgehead atoms. The molecule has 68 valence electrons. The van der Waals surface area contributed by atoms with Crippen LogP contribution in [0.15, 0.2) is 24.3 Å². The monoisotopic (exact) mass is 202 g/mol. The standard InChI is InChI=1S/C8H9ClS.C2H6/c1-10-6-7-2-4-8(9)5-3-7;1-2/h2-5H,6H2,1H3;1-2H3. The number of hydrogen-bond donors (Lipinski definition) is 0. The maximum Gasteiger partial charge on any atom is 0.0406 e. The Hall–Kier alpha value is -0.140. The lowest BCUT2D eigenvalue weighted by molar-refractivity contribution is 1.42. The van der Waals surface area contributed by atoms with Crippen LogP contribution in [0.4, 0.5) is 0 Å². The fourth-order valence-electron chi connectivity index (χ4n) is 0.747. The molecule has 12 heavy (non-hydrogen) atoms. The molecule has 0 aliphatic carbocycles. The van der Waals surface area contributed by atoms with Crippen LogP contribution in [-0.4, -0.2) is 6.26 Å². The lowest BCUT2D eigenvalue weighted by atomic mass is 10.2. The maximum absolute atomic E-state index is 5.71. The van der Waals surface area contributed by atoms with Crippen LogP contribution in [0, 0.1) is 0 Å². The van der Waals surface area contributed by atoms with Gasteiger partial charge >= 0.3 is 0 Å². The Balaban J connectivity index is 0.000000561. The van der Waals surface area contributed by atoms with E-state index in [2.05, 4.69) is 18.4 Å². The Labute approximate surface area is 84.3 Å². The van der Waals surface area contributed by atoms with Crippen LogP contribution < -0.4 is 0 Å². The number of thioether (sulfide) groups is 1. The van der Waals surface area contributed by atoms with Gasteiger partial charge in [-0.15, -0.1) is 0 Å². The first-order valence-electron chi connectivity index (χ1n) is 4.06. The van der Waals surface area contributed by atoms with Crippen molar-refractivity contribution in [2.75, 3.05) is 6.26 Å². The van der Waals surface area contributed by atoms with E-state index in [-0.39, 0.29) is 0 Å². The molecule has 0 nitrogen and oxygen atoms in total. The molecule has 0 saturated carbocycles. The SMILES string of the molecule is CC.CSCc1ccc(Cl)cc1. The second-order valence-corrected chi connectivity index (χ2v) is 3.36. The highest BCUT2D eigenvalue weighted by atomic mass is 35.5. The first-order valence-corrected chi connectivity index (χ1v) is 5.83. The summed E-state index contributed by atoms with van der Waals surface area (Å²) in [5, 5.41) is 0.810. The van der Waals surface area contributed by atoms with Gasteiger partial charge in [0.2, 0.25) is 0 Å². The van der Waals surface area contributed by atoms with Crippen LogP contribution in [0.2, 0.25) is 5.02 Å². The van der Waals surface area contributed by atoms with Crippen molar-refractivity contribution in [1.82, 2.24) is 0 Å². The molecule has 0 unspecified atom stereocenters. The summed E-state index contributed by atoms with van der Waals surface area (Å²) < 4.78 is 0. The molecule has 0 spiro atoms. The van der Waals surface area contributed by atoms with Crippen LogP contribution in [0.25, 0.3) is 0 Å². The summed E-state index contributed by atoms with van der Waals surface area (Å²) in [6.07, 6.45) is 2.09. The molecule has 0 saturated heterocycles. The van der Waals surface area contributed by atoms with Crippen molar-refractivity contribution < 1.29 is 0 Å². The summed E-state index contributed by atoms with van der Waals surface area (Å²) in [6.45, 7) is 4.00. The molecule has 2 heteroatoms. The molecule has 0 atom stereocenters. The molecule has 0 aromatic heterocycles. The highest BCUT2D eigenvalue weighted by molar-refractivity contribution is 7.97. The zero-order valence-electron chi connectivity index (χ0n) is 7.80. The van der Waals surface area contributed by atoms with E-state index in [0.29, 0.717) is 0 Å². The van der Waals surface area contributed by atoms with Gasteiger partial charge in [-0.3, -0.25) is 0 Å². The fraction of sp³-hybridized carbons (Fsp3) is 0.400. The van der Waals surface area contributed by atoms with Gasteiger partial charge in [-0.25, -0.2) is 0 Å². The Morgan fingerprint density at radius 3 is 2.08 bits per heavy atom. The average Bonchev–Trinajstić information content (AvgIpc) is 2.13. The van der Waals surface area contributed by atoms with E-state index in [4.69, 9.17) is 11.6 Å². The third-order valence-corrected chi connectivity index (χ3v) is 2.10. The lowest BCUT2D eigenvalue weighted by Crippen LogP contribution is -1.76. The van der Waals surface area contributed by atoms with Crippen molar-refractivity contribution in [3.05, 3.63) is 34.9 Å². The molecular weight excluding hydrogens is 188 g/mol. The van der Waals surface area contributed by atoms with Crippen molar-refractivity contribution >= 4 is 23.4 Å². The third-order valence-electron chi connectivity index (χ3n) is 1.22. The van der Waals surface area contributed by atoms with Gasteiger partial charge in [0.15, 0.2) is 0 Å². The molecule has 0 amide bonds. The van der Waals surface area contributed by atoms with E-state index in [0.717, 1.165) is 10.8 Å². The number of benzene rings is 1. The summed E-state index contributed by atoms with van der Waals surface area (Å²) in [5.74, 6) is 1.07. The molecule has 1 aromatic rings. The zero-order valence-corrected chi connectivity index (χ0v) is 9.38. The average molecular weight is 203 g/mol. The van der Waals surface area contributed by atoms with Gasteiger partial charge < -0.3 is 0 Å². The van der Waals surface area contributed by atoms with Crippen LogP contribution in [-0.2, 0) is 5.75 Å². The highest BCUT2D eigenvalue weighted by Gasteiger charge is 1.89. The van der Waals surface area contributed by atoms with Crippen LogP contribution in [0.1, 0.15) is 19.4 Å². The van der Waals surface area contributed by atoms with Gasteiger partial charge in [-0.05, 0) is 24.0 Å². The van der Waals surface area contributed by atoms with Gasteiger partial charge in [0, 0.05) is 10.8 Å². The Morgan fingerprint density at radius 2 is 1.67 bits per heavy atom. The Bertz CT molecular complexity index is 193. The summed E-state index contributed by atoms with van der Waals surface area (Å²) >= 11 is 7.52. The van der Waals surface area contributed by atoms with Crippen molar-refractivity contribution in [3.63, 3.8) is 0 Å². The van der Waals surface area contributed by atoms with Crippen molar-refractivity contribution in [2.24, 2.45) is 0 Å². The van der Waals surface area contributed by atoms with Gasteiger partial charge in [0.25, 0.3) is 0 Å². The molecule has 0 aliphatic heterocycles. The van der Waals surface area contributed by atoms with Crippen molar-refractivity contribution in [3.8, 4) is 0 Å². The van der Waals surface area contributed by atoms with Crippen LogP contribution >= 0.6 is 23.4 Å². The molecular formula is C10H15ClS. The smallest absolute Gasteiger partial charge is 0.0406 e. The summed E-state index contributed by atoms with van der Waals surface area (Å²) in [6, 6.07) is 7.96. The Kier molecular flexibility index (Phi) is 7.42. The summed E-state index contributed by atoms with van der Waals surface area (Å²) in [4.78, 5) is 0. The van der Waals surface area contributed by atoms with Crippen molar-refractivity contribution in [1.29, 1.82) is 0 Å². The van der Waals surface area contributed by atoms with Crippen molar-refractivity contribution in [2.45, 2.75) is 19.6 Å². The molecule has 0 aliphatic rings. The zero-order chi connectivity index (χ0) is 9.40. The molecule has 1 aromatic carbocycles. The second-order valence-electron chi connectivity index (χ2n) is 2.06. The molecule has 0 N–H and O–H groups in total.